The summed E-state index contributed by atoms with van der Waals surface area (Å²) < 4.78 is 45.9. The number of rotatable bonds is 4. The summed E-state index contributed by atoms with van der Waals surface area (Å²) in [6, 6.07) is 9.71. The molecule has 8 nitrogen and oxygen atoms in total. The van der Waals surface area contributed by atoms with E-state index in [9.17, 15) is 22.8 Å². The van der Waals surface area contributed by atoms with Gasteiger partial charge in [0.1, 0.15) is 11.5 Å². The van der Waals surface area contributed by atoms with Gasteiger partial charge in [0, 0.05) is 30.7 Å². The van der Waals surface area contributed by atoms with Crippen LogP contribution in [0, 0.1) is 0 Å². The zero-order valence-electron chi connectivity index (χ0n) is 18.3. The van der Waals surface area contributed by atoms with Gasteiger partial charge in [-0.15, -0.1) is 0 Å². The number of pyridine rings is 2. The number of anilines is 2. The van der Waals surface area contributed by atoms with E-state index in [0.29, 0.717) is 16.9 Å². The second kappa shape index (κ2) is 9.26. The maximum Gasteiger partial charge on any atom is 0.417 e. The summed E-state index contributed by atoms with van der Waals surface area (Å²) in [6.45, 7) is 0. The highest BCUT2D eigenvalue weighted by Crippen LogP contribution is 2.37. The van der Waals surface area contributed by atoms with Crippen LogP contribution < -0.4 is 10.2 Å². The number of benzene rings is 1. The van der Waals surface area contributed by atoms with Gasteiger partial charge in [-0.25, -0.2) is 14.8 Å². The molecule has 0 radical (unpaired) electrons. The first-order valence-corrected chi connectivity index (χ1v) is 10.4. The number of aromatic nitrogens is 3. The number of nitrogens with one attached hydrogen (secondary N) is 1. The van der Waals surface area contributed by atoms with E-state index in [0.717, 1.165) is 17.0 Å². The van der Waals surface area contributed by atoms with Crippen LogP contribution in [-0.2, 0) is 10.9 Å². The van der Waals surface area contributed by atoms with Crippen LogP contribution in [0.15, 0.2) is 61.1 Å². The van der Waals surface area contributed by atoms with Crippen molar-refractivity contribution in [2.45, 2.75) is 6.18 Å². The van der Waals surface area contributed by atoms with Gasteiger partial charge in [0.05, 0.1) is 35.2 Å². The molecule has 4 rings (SSSR count). The Hall–Kier alpha value is -4.12. The van der Waals surface area contributed by atoms with Crippen LogP contribution in [0.4, 0.5) is 29.5 Å². The van der Waals surface area contributed by atoms with Gasteiger partial charge < -0.3 is 9.64 Å². The van der Waals surface area contributed by atoms with Crippen molar-refractivity contribution in [3.8, 4) is 11.3 Å². The summed E-state index contributed by atoms with van der Waals surface area (Å²) in [4.78, 5) is 34.0. The first kappa shape index (κ1) is 24.0. The number of imidazole rings is 1. The van der Waals surface area contributed by atoms with Gasteiger partial charge in [-0.3, -0.25) is 14.5 Å². The maximum absolute atomic E-state index is 13.2. The molecular weight excluding hydrogens is 487 g/mol. The molecule has 1 N–H and O–H groups in total. The monoisotopic (exact) mass is 503 g/mol. The molecule has 0 atom stereocenters. The lowest BCUT2D eigenvalue weighted by atomic mass is 10.1. The van der Waals surface area contributed by atoms with E-state index in [1.165, 1.54) is 38.7 Å². The molecule has 0 saturated heterocycles. The minimum atomic E-state index is -4.66. The number of alkyl halides is 3. The molecule has 0 aliphatic heterocycles. The number of carbonyl (C=O) groups is 2. The molecule has 0 fully saturated rings. The summed E-state index contributed by atoms with van der Waals surface area (Å²) in [5, 5.41) is 2.00. The van der Waals surface area contributed by atoms with E-state index in [1.54, 1.807) is 28.8 Å². The second-order valence-electron chi connectivity index (χ2n) is 7.36. The average Bonchev–Trinajstić information content (AvgIpc) is 3.26. The Kier molecular flexibility index (Phi) is 6.35. The fraction of sp³-hybridized carbons (Fsp3) is 0.130. The Balaban J connectivity index is 1.65. The third-order valence-corrected chi connectivity index (χ3v) is 5.50. The molecule has 3 heterocycles. The number of hydrogen-bond donors (Lipinski definition) is 1. The highest BCUT2D eigenvalue weighted by atomic mass is 35.5. The van der Waals surface area contributed by atoms with Gasteiger partial charge in [-0.05, 0) is 42.5 Å². The first-order chi connectivity index (χ1) is 16.6. The smallest absolute Gasteiger partial charge is 0.417 e. The molecular formula is C23H17ClF3N5O3. The van der Waals surface area contributed by atoms with E-state index >= 15 is 0 Å². The van der Waals surface area contributed by atoms with Crippen molar-refractivity contribution >= 4 is 40.8 Å². The average molecular weight is 504 g/mol. The zero-order chi connectivity index (χ0) is 25.3. The van der Waals surface area contributed by atoms with Gasteiger partial charge >= 0.3 is 12.3 Å². The first-order valence-electron chi connectivity index (χ1n) is 10.0. The summed E-state index contributed by atoms with van der Waals surface area (Å²) in [5.41, 5.74) is 1.04. The van der Waals surface area contributed by atoms with Crippen molar-refractivity contribution in [1.82, 2.24) is 14.4 Å². The Bertz CT molecular complexity index is 1420. The van der Waals surface area contributed by atoms with E-state index in [2.05, 4.69) is 20.0 Å². The number of nitrogens with zero attached hydrogens (tertiary/aromatic N) is 4. The molecule has 0 spiro atoms. The molecule has 3 aromatic heterocycles. The molecule has 0 aliphatic carbocycles. The SMILES string of the molecule is COC(=O)Nc1ccc(-c2cnc3ccc(C(=O)N(C)c4ccc(Cl)c(C(F)(F)F)c4)cn23)cn1. The van der Waals surface area contributed by atoms with Crippen molar-refractivity contribution < 1.29 is 27.5 Å². The molecule has 2 amide bonds. The zero-order valence-corrected chi connectivity index (χ0v) is 19.1. The van der Waals surface area contributed by atoms with Gasteiger partial charge in [-0.1, -0.05) is 11.6 Å². The van der Waals surface area contributed by atoms with Gasteiger partial charge in [0.25, 0.3) is 5.91 Å². The van der Waals surface area contributed by atoms with Gasteiger partial charge in [-0.2, -0.15) is 13.2 Å². The number of halogens is 4. The van der Waals surface area contributed by atoms with Crippen LogP contribution in [-0.4, -0.2) is 40.5 Å². The minimum Gasteiger partial charge on any atom is -0.453 e. The second-order valence-corrected chi connectivity index (χ2v) is 7.77. The molecule has 12 heteroatoms. The molecule has 35 heavy (non-hydrogen) atoms. The van der Waals surface area contributed by atoms with Crippen molar-refractivity contribution in [1.29, 1.82) is 0 Å². The molecule has 0 saturated carbocycles. The number of carbonyl (C=O) groups excluding carboxylic acids is 2. The fourth-order valence-corrected chi connectivity index (χ4v) is 3.57. The number of ether oxygens (including phenoxy) is 1. The maximum atomic E-state index is 13.2. The Morgan fingerprint density at radius 2 is 1.86 bits per heavy atom. The van der Waals surface area contributed by atoms with Crippen LogP contribution in [0.1, 0.15) is 15.9 Å². The third-order valence-electron chi connectivity index (χ3n) is 5.17. The molecule has 1 aromatic carbocycles. The Labute approximate surface area is 201 Å². The van der Waals surface area contributed by atoms with E-state index in [4.69, 9.17) is 11.6 Å². The standard InChI is InChI=1S/C23H17ClF3N5O3/c1-31(15-5-6-17(24)16(9-15)23(25,26)27)21(33)14-4-8-20-29-11-18(32(20)12-14)13-3-7-19(28-10-13)30-22(34)35-2/h3-12H,1-2H3,(H,28,30,34). The van der Waals surface area contributed by atoms with Crippen molar-refractivity contribution in [3.05, 3.63) is 77.2 Å². The minimum absolute atomic E-state index is 0.0376. The van der Waals surface area contributed by atoms with Crippen LogP contribution >= 0.6 is 11.6 Å². The van der Waals surface area contributed by atoms with Crippen molar-refractivity contribution in [2.75, 3.05) is 24.4 Å². The summed E-state index contributed by atoms with van der Waals surface area (Å²) in [5.74, 6) is -0.245. The lowest BCUT2D eigenvalue weighted by molar-refractivity contribution is -0.137. The highest BCUT2D eigenvalue weighted by molar-refractivity contribution is 6.31. The highest BCUT2D eigenvalue weighted by Gasteiger charge is 2.34. The van der Waals surface area contributed by atoms with E-state index < -0.39 is 28.8 Å². The normalized spacial score (nSPS) is 11.4. The van der Waals surface area contributed by atoms with Crippen LogP contribution in [0.5, 0.6) is 0 Å². The van der Waals surface area contributed by atoms with E-state index in [1.807, 2.05) is 0 Å². The van der Waals surface area contributed by atoms with Crippen LogP contribution in [0.3, 0.4) is 0 Å². The van der Waals surface area contributed by atoms with Crippen molar-refractivity contribution in [2.24, 2.45) is 0 Å². The topological polar surface area (TPSA) is 88.8 Å². The molecule has 4 aromatic rings. The largest absolute Gasteiger partial charge is 0.453 e. The summed E-state index contributed by atoms with van der Waals surface area (Å²) >= 11 is 5.69. The van der Waals surface area contributed by atoms with Crippen LogP contribution in [0.2, 0.25) is 5.02 Å². The van der Waals surface area contributed by atoms with Crippen LogP contribution in [0.25, 0.3) is 16.9 Å². The van der Waals surface area contributed by atoms with E-state index in [-0.39, 0.29) is 17.1 Å². The van der Waals surface area contributed by atoms with Crippen molar-refractivity contribution in [3.63, 3.8) is 0 Å². The fourth-order valence-electron chi connectivity index (χ4n) is 3.35. The van der Waals surface area contributed by atoms with Gasteiger partial charge in [0.2, 0.25) is 0 Å². The lowest BCUT2D eigenvalue weighted by Crippen LogP contribution is -2.27. The predicted octanol–water partition coefficient (Wildman–Crippen LogP) is 5.52. The Morgan fingerprint density at radius 3 is 2.51 bits per heavy atom. The quantitative estimate of drug-likeness (QED) is 0.396. The number of methoxy groups -OCH3 is 1. The van der Waals surface area contributed by atoms with Gasteiger partial charge in [0.15, 0.2) is 0 Å². The molecule has 0 aliphatic rings. The lowest BCUT2D eigenvalue weighted by Gasteiger charge is -2.20. The Morgan fingerprint density at radius 1 is 1.09 bits per heavy atom. The molecule has 0 bridgehead atoms. The number of hydrogen-bond acceptors (Lipinski definition) is 5. The molecule has 0 unspecified atom stereocenters. The third kappa shape index (κ3) is 4.90. The number of amides is 2. The number of fused-ring (bicyclic) bond motifs is 1. The molecule has 180 valence electrons. The summed E-state index contributed by atoms with van der Waals surface area (Å²) in [6.07, 6.45) is -0.667. The summed E-state index contributed by atoms with van der Waals surface area (Å²) in [7, 11) is 2.61. The predicted molar refractivity (Wildman–Crippen MR) is 124 cm³/mol.